The smallest absolute Gasteiger partial charge is 0.305 e. The molecule has 7 heteroatoms. The van der Waals surface area contributed by atoms with Crippen LogP contribution in [0, 0.1) is 0 Å². The Morgan fingerprint density at radius 1 is 1.40 bits per heavy atom. The van der Waals surface area contributed by atoms with Crippen LogP contribution in [0.1, 0.15) is 18.4 Å². The number of esters is 1. The number of sulfonamides is 1. The second-order valence-electron chi connectivity index (χ2n) is 4.27. The molecule has 112 valence electrons. The SMILES string of the molecule is COC(=O)CCCS(=O)(=O)NCCc1cccc(Cl)c1. The van der Waals surface area contributed by atoms with Crippen LogP contribution in [0.4, 0.5) is 0 Å². The van der Waals surface area contributed by atoms with E-state index in [1.54, 1.807) is 12.1 Å². The van der Waals surface area contributed by atoms with Crippen LogP contribution >= 0.6 is 11.6 Å². The second-order valence-corrected chi connectivity index (χ2v) is 6.64. The number of benzene rings is 1. The van der Waals surface area contributed by atoms with Gasteiger partial charge in [-0.05, 0) is 30.5 Å². The van der Waals surface area contributed by atoms with E-state index < -0.39 is 16.0 Å². The molecule has 0 saturated carbocycles. The van der Waals surface area contributed by atoms with Crippen molar-refractivity contribution in [2.24, 2.45) is 0 Å². The maximum atomic E-state index is 11.7. The molecule has 0 unspecified atom stereocenters. The van der Waals surface area contributed by atoms with Gasteiger partial charge in [0.25, 0.3) is 0 Å². The first kappa shape index (κ1) is 16.9. The molecular weight excluding hydrogens is 302 g/mol. The van der Waals surface area contributed by atoms with E-state index in [-0.39, 0.29) is 18.6 Å². The van der Waals surface area contributed by atoms with Gasteiger partial charge in [-0.25, -0.2) is 13.1 Å². The van der Waals surface area contributed by atoms with Gasteiger partial charge in [0.15, 0.2) is 0 Å². The highest BCUT2D eigenvalue weighted by Crippen LogP contribution is 2.10. The number of halogens is 1. The van der Waals surface area contributed by atoms with Gasteiger partial charge in [0.05, 0.1) is 12.9 Å². The van der Waals surface area contributed by atoms with Crippen LogP contribution in [0.15, 0.2) is 24.3 Å². The summed E-state index contributed by atoms with van der Waals surface area (Å²) in [7, 11) is -2.08. The van der Waals surface area contributed by atoms with E-state index in [9.17, 15) is 13.2 Å². The Bertz CT molecular complexity index is 545. The summed E-state index contributed by atoms with van der Waals surface area (Å²) in [6.07, 6.45) is 0.918. The molecule has 0 aromatic heterocycles. The Hall–Kier alpha value is -1.11. The fourth-order valence-corrected chi connectivity index (χ4v) is 2.92. The summed E-state index contributed by atoms with van der Waals surface area (Å²) < 4.78 is 30.3. The minimum absolute atomic E-state index is 0.0857. The van der Waals surface area contributed by atoms with Gasteiger partial charge >= 0.3 is 5.97 Å². The highest BCUT2D eigenvalue weighted by molar-refractivity contribution is 7.89. The number of nitrogens with one attached hydrogen (secondary N) is 1. The van der Waals surface area contributed by atoms with Gasteiger partial charge in [-0.15, -0.1) is 0 Å². The van der Waals surface area contributed by atoms with Crippen LogP contribution in [0.25, 0.3) is 0 Å². The average molecular weight is 320 g/mol. The van der Waals surface area contributed by atoms with Gasteiger partial charge in [-0.1, -0.05) is 23.7 Å². The van der Waals surface area contributed by atoms with Crippen LogP contribution in [-0.2, 0) is 26.0 Å². The van der Waals surface area contributed by atoms with E-state index in [0.29, 0.717) is 18.0 Å². The predicted molar refractivity (Wildman–Crippen MR) is 78.2 cm³/mol. The number of hydrogen-bond donors (Lipinski definition) is 1. The van der Waals surface area contributed by atoms with E-state index in [0.717, 1.165) is 5.56 Å². The number of carbonyl (C=O) groups is 1. The zero-order valence-electron chi connectivity index (χ0n) is 11.3. The van der Waals surface area contributed by atoms with Crippen molar-refractivity contribution in [3.05, 3.63) is 34.9 Å². The Kier molecular flexibility index (Phi) is 6.98. The molecule has 20 heavy (non-hydrogen) atoms. The fourth-order valence-electron chi connectivity index (χ4n) is 1.62. The van der Waals surface area contributed by atoms with E-state index in [1.165, 1.54) is 7.11 Å². The third kappa shape index (κ3) is 6.88. The van der Waals surface area contributed by atoms with Gasteiger partial charge in [0.1, 0.15) is 0 Å². The monoisotopic (exact) mass is 319 g/mol. The number of hydrogen-bond acceptors (Lipinski definition) is 4. The summed E-state index contributed by atoms with van der Waals surface area (Å²) in [5.41, 5.74) is 0.967. The molecule has 1 N–H and O–H groups in total. The first-order valence-electron chi connectivity index (χ1n) is 6.21. The molecule has 0 aliphatic heterocycles. The maximum absolute atomic E-state index is 11.7. The largest absolute Gasteiger partial charge is 0.469 e. The van der Waals surface area contributed by atoms with Gasteiger partial charge in [-0.2, -0.15) is 0 Å². The van der Waals surface area contributed by atoms with E-state index in [4.69, 9.17) is 11.6 Å². The molecule has 0 radical (unpaired) electrons. The fraction of sp³-hybridized carbons (Fsp3) is 0.462. The molecule has 0 heterocycles. The summed E-state index contributed by atoms with van der Waals surface area (Å²) in [6, 6.07) is 7.27. The number of rotatable bonds is 8. The normalized spacial score (nSPS) is 11.3. The average Bonchev–Trinajstić information content (AvgIpc) is 2.38. The van der Waals surface area contributed by atoms with Crippen molar-refractivity contribution in [3.8, 4) is 0 Å². The lowest BCUT2D eigenvalue weighted by atomic mass is 10.2. The van der Waals surface area contributed by atoms with Crippen molar-refractivity contribution in [3.63, 3.8) is 0 Å². The third-order valence-corrected chi connectivity index (χ3v) is 4.35. The highest BCUT2D eigenvalue weighted by Gasteiger charge is 2.11. The molecule has 0 fully saturated rings. The third-order valence-electron chi connectivity index (χ3n) is 2.65. The molecule has 1 aromatic rings. The maximum Gasteiger partial charge on any atom is 0.305 e. The van der Waals surface area contributed by atoms with E-state index in [2.05, 4.69) is 9.46 Å². The summed E-state index contributed by atoms with van der Waals surface area (Å²) >= 11 is 5.84. The zero-order valence-corrected chi connectivity index (χ0v) is 12.8. The predicted octanol–water partition coefficient (Wildman–Crippen LogP) is 1.76. The molecule has 1 aromatic carbocycles. The summed E-state index contributed by atoms with van der Waals surface area (Å²) in [5.74, 6) is -0.489. The standard InChI is InChI=1S/C13H18ClNO4S/c1-19-13(16)6-3-9-20(17,18)15-8-7-11-4-2-5-12(14)10-11/h2,4-5,10,15H,3,6-9H2,1H3. The molecule has 1 rings (SSSR count). The molecule has 0 aliphatic rings. The molecular formula is C13H18ClNO4S. The van der Waals surface area contributed by atoms with Crippen molar-refractivity contribution in [1.82, 2.24) is 4.72 Å². The van der Waals surface area contributed by atoms with E-state index in [1.807, 2.05) is 12.1 Å². The summed E-state index contributed by atoms with van der Waals surface area (Å²) in [6.45, 7) is 0.306. The van der Waals surface area contributed by atoms with E-state index >= 15 is 0 Å². The van der Waals surface area contributed by atoms with Crippen LogP contribution in [-0.4, -0.2) is 33.8 Å². The van der Waals surface area contributed by atoms with Gasteiger partial charge < -0.3 is 4.74 Å². The molecule has 0 atom stereocenters. The van der Waals surface area contributed by atoms with Crippen LogP contribution in [0.5, 0.6) is 0 Å². The number of carbonyl (C=O) groups excluding carboxylic acids is 1. The van der Waals surface area contributed by atoms with Gasteiger partial charge in [0.2, 0.25) is 10.0 Å². The van der Waals surface area contributed by atoms with Crippen molar-refractivity contribution in [1.29, 1.82) is 0 Å². The van der Waals surface area contributed by atoms with Crippen molar-refractivity contribution < 1.29 is 17.9 Å². The molecule has 5 nitrogen and oxygen atoms in total. The van der Waals surface area contributed by atoms with Crippen LogP contribution in [0.2, 0.25) is 5.02 Å². The first-order valence-corrected chi connectivity index (χ1v) is 8.24. The Balaban J connectivity index is 2.31. The Morgan fingerprint density at radius 3 is 2.80 bits per heavy atom. The molecule has 0 aliphatic carbocycles. The van der Waals surface area contributed by atoms with Crippen molar-refractivity contribution in [2.75, 3.05) is 19.4 Å². The minimum atomic E-state index is -3.36. The molecule has 0 saturated heterocycles. The number of methoxy groups -OCH3 is 1. The summed E-state index contributed by atoms with van der Waals surface area (Å²) in [5, 5.41) is 0.628. The highest BCUT2D eigenvalue weighted by atomic mass is 35.5. The Morgan fingerprint density at radius 2 is 2.15 bits per heavy atom. The molecule has 0 amide bonds. The first-order chi connectivity index (χ1) is 9.43. The topological polar surface area (TPSA) is 72.5 Å². The minimum Gasteiger partial charge on any atom is -0.469 e. The molecule has 0 spiro atoms. The zero-order chi connectivity index (χ0) is 15.0. The van der Waals surface area contributed by atoms with Crippen molar-refractivity contribution in [2.45, 2.75) is 19.3 Å². The van der Waals surface area contributed by atoms with Crippen LogP contribution in [0.3, 0.4) is 0 Å². The van der Waals surface area contributed by atoms with Crippen molar-refractivity contribution >= 4 is 27.6 Å². The quantitative estimate of drug-likeness (QED) is 0.741. The van der Waals surface area contributed by atoms with Crippen LogP contribution < -0.4 is 4.72 Å². The van der Waals surface area contributed by atoms with Gasteiger partial charge in [0, 0.05) is 18.0 Å². The molecule has 0 bridgehead atoms. The summed E-state index contributed by atoms with van der Waals surface area (Å²) in [4.78, 5) is 10.9. The second kappa shape index (κ2) is 8.24. The lowest BCUT2D eigenvalue weighted by molar-refractivity contribution is -0.140. The number of ether oxygens (including phenoxy) is 1. The Labute approximate surface area is 124 Å². The van der Waals surface area contributed by atoms with Gasteiger partial charge in [-0.3, -0.25) is 4.79 Å². The lowest BCUT2D eigenvalue weighted by Gasteiger charge is -2.06. The lowest BCUT2D eigenvalue weighted by Crippen LogP contribution is -2.28.